The molecule has 5 heteroatoms. The molecule has 1 heterocycles. The van der Waals surface area contributed by atoms with Gasteiger partial charge in [-0.15, -0.1) is 0 Å². The summed E-state index contributed by atoms with van der Waals surface area (Å²) in [5, 5.41) is 0.754. The molecule has 4 nitrogen and oxygen atoms in total. The van der Waals surface area contributed by atoms with Crippen LogP contribution in [0, 0.1) is 5.92 Å². The summed E-state index contributed by atoms with van der Waals surface area (Å²) < 4.78 is 5.15. The largest absolute Gasteiger partial charge is 0.383 e. The fourth-order valence-electron chi connectivity index (χ4n) is 3.44. The van der Waals surface area contributed by atoms with Crippen LogP contribution in [0.2, 0.25) is 5.02 Å². The first-order valence-corrected chi connectivity index (χ1v) is 8.82. The smallest absolute Gasteiger partial charge is 0.226 e. The van der Waals surface area contributed by atoms with Crippen molar-refractivity contribution >= 4 is 17.5 Å². The normalized spacial score (nSPS) is 25.2. The molecule has 1 aromatic rings. The number of carbonyl (C=O) groups is 1. The monoisotopic (exact) mass is 336 g/mol. The number of halogens is 1. The van der Waals surface area contributed by atoms with Gasteiger partial charge in [-0.25, -0.2) is 0 Å². The molecule has 2 fully saturated rings. The standard InChI is InChI=1S/C18H25ClN2O2/c1-23-11-10-20-6-3-7-21(9-8-20)18(22)17-13-16(17)14-4-2-5-15(19)12-14/h2,4-5,12,16-17H,3,6-11,13H2,1H3/t16-,17-/m1/s1. The van der Waals surface area contributed by atoms with E-state index in [9.17, 15) is 4.79 Å². The van der Waals surface area contributed by atoms with Gasteiger partial charge in [0.2, 0.25) is 5.91 Å². The van der Waals surface area contributed by atoms with Gasteiger partial charge >= 0.3 is 0 Å². The number of benzene rings is 1. The minimum Gasteiger partial charge on any atom is -0.383 e. The van der Waals surface area contributed by atoms with Crippen LogP contribution in [0.15, 0.2) is 24.3 Å². The molecule has 0 radical (unpaired) electrons. The second-order valence-electron chi connectivity index (χ2n) is 6.52. The van der Waals surface area contributed by atoms with Crippen molar-refractivity contribution in [2.75, 3.05) is 46.4 Å². The van der Waals surface area contributed by atoms with E-state index in [-0.39, 0.29) is 5.92 Å². The summed E-state index contributed by atoms with van der Waals surface area (Å²) >= 11 is 6.06. The van der Waals surface area contributed by atoms with Crippen molar-refractivity contribution in [3.8, 4) is 0 Å². The Morgan fingerprint density at radius 3 is 2.96 bits per heavy atom. The minimum absolute atomic E-state index is 0.152. The van der Waals surface area contributed by atoms with Crippen molar-refractivity contribution in [2.24, 2.45) is 5.92 Å². The summed E-state index contributed by atoms with van der Waals surface area (Å²) in [6.45, 7) is 5.42. The molecule has 0 aromatic heterocycles. The van der Waals surface area contributed by atoms with Crippen molar-refractivity contribution in [3.63, 3.8) is 0 Å². The van der Waals surface area contributed by atoms with Gasteiger partial charge in [-0.1, -0.05) is 23.7 Å². The van der Waals surface area contributed by atoms with E-state index in [2.05, 4.69) is 15.9 Å². The molecule has 1 amide bonds. The molecule has 126 valence electrons. The van der Waals surface area contributed by atoms with Gasteiger partial charge in [0, 0.05) is 44.2 Å². The Labute approximate surface area is 143 Å². The lowest BCUT2D eigenvalue weighted by Gasteiger charge is -2.22. The van der Waals surface area contributed by atoms with E-state index in [0.29, 0.717) is 11.8 Å². The molecule has 1 aromatic carbocycles. The number of ether oxygens (including phenoxy) is 1. The molecule has 0 unspecified atom stereocenters. The number of hydrogen-bond donors (Lipinski definition) is 0. The van der Waals surface area contributed by atoms with Gasteiger partial charge in [-0.3, -0.25) is 9.69 Å². The van der Waals surface area contributed by atoms with Gasteiger partial charge in [0.1, 0.15) is 0 Å². The highest BCUT2D eigenvalue weighted by Gasteiger charge is 2.45. The Balaban J connectivity index is 1.53. The summed E-state index contributed by atoms with van der Waals surface area (Å²) in [6.07, 6.45) is 2.01. The number of rotatable bonds is 5. The van der Waals surface area contributed by atoms with Crippen molar-refractivity contribution < 1.29 is 9.53 Å². The highest BCUT2D eigenvalue weighted by atomic mass is 35.5. The Morgan fingerprint density at radius 2 is 2.17 bits per heavy atom. The first-order valence-electron chi connectivity index (χ1n) is 8.44. The van der Waals surface area contributed by atoms with E-state index >= 15 is 0 Å². The van der Waals surface area contributed by atoms with Crippen LogP contribution in [0.5, 0.6) is 0 Å². The SMILES string of the molecule is COCCN1CCCN(C(=O)[C@@H]2C[C@@H]2c2cccc(Cl)c2)CC1. The third-order valence-electron chi connectivity index (χ3n) is 4.90. The minimum atomic E-state index is 0.152. The van der Waals surface area contributed by atoms with Gasteiger partial charge in [0.25, 0.3) is 0 Å². The molecule has 0 bridgehead atoms. The molecule has 2 atom stereocenters. The first kappa shape index (κ1) is 16.7. The van der Waals surface area contributed by atoms with Crippen LogP contribution in [-0.4, -0.2) is 62.1 Å². The third-order valence-corrected chi connectivity index (χ3v) is 5.13. The number of hydrogen-bond acceptors (Lipinski definition) is 3. The van der Waals surface area contributed by atoms with E-state index in [1.807, 2.05) is 18.2 Å². The molecule has 1 aliphatic carbocycles. The average Bonchev–Trinajstić information content (AvgIpc) is 3.36. The molecule has 1 aliphatic heterocycles. The molecule has 3 rings (SSSR count). The van der Waals surface area contributed by atoms with Crippen LogP contribution in [0.1, 0.15) is 24.3 Å². The van der Waals surface area contributed by atoms with Crippen LogP contribution in [-0.2, 0) is 9.53 Å². The molecule has 1 saturated carbocycles. The van der Waals surface area contributed by atoms with Gasteiger partial charge in [0.05, 0.1) is 6.61 Å². The number of methoxy groups -OCH3 is 1. The fourth-order valence-corrected chi connectivity index (χ4v) is 3.64. The Morgan fingerprint density at radius 1 is 1.30 bits per heavy atom. The molecular formula is C18H25ClN2O2. The maximum absolute atomic E-state index is 12.8. The molecule has 2 aliphatic rings. The molecular weight excluding hydrogens is 312 g/mol. The van der Waals surface area contributed by atoms with E-state index in [1.165, 1.54) is 5.56 Å². The van der Waals surface area contributed by atoms with Crippen molar-refractivity contribution in [3.05, 3.63) is 34.9 Å². The lowest BCUT2D eigenvalue weighted by Crippen LogP contribution is -2.37. The summed E-state index contributed by atoms with van der Waals surface area (Å²) in [7, 11) is 1.73. The molecule has 0 spiro atoms. The lowest BCUT2D eigenvalue weighted by molar-refractivity contribution is -0.132. The second-order valence-corrected chi connectivity index (χ2v) is 6.95. The highest BCUT2D eigenvalue weighted by Crippen LogP contribution is 2.48. The van der Waals surface area contributed by atoms with Crippen molar-refractivity contribution in [1.82, 2.24) is 9.80 Å². The van der Waals surface area contributed by atoms with E-state index < -0.39 is 0 Å². The predicted octanol–water partition coefficient (Wildman–Crippen LogP) is 2.62. The Bertz CT molecular complexity index is 552. The Kier molecular flexibility index (Phi) is 5.57. The molecule has 0 N–H and O–H groups in total. The predicted molar refractivity (Wildman–Crippen MR) is 91.8 cm³/mol. The maximum atomic E-state index is 12.8. The van der Waals surface area contributed by atoms with E-state index in [1.54, 1.807) is 7.11 Å². The fraction of sp³-hybridized carbons (Fsp3) is 0.611. The number of amides is 1. The summed E-state index contributed by atoms with van der Waals surface area (Å²) in [6, 6.07) is 7.93. The zero-order chi connectivity index (χ0) is 16.2. The molecule has 1 saturated heterocycles. The third kappa shape index (κ3) is 4.25. The van der Waals surface area contributed by atoms with Crippen LogP contribution >= 0.6 is 11.6 Å². The van der Waals surface area contributed by atoms with Gasteiger partial charge < -0.3 is 9.64 Å². The van der Waals surface area contributed by atoms with Crippen LogP contribution in [0.3, 0.4) is 0 Å². The van der Waals surface area contributed by atoms with Crippen LogP contribution in [0.4, 0.5) is 0 Å². The zero-order valence-corrected chi connectivity index (χ0v) is 14.5. The van der Waals surface area contributed by atoms with Gasteiger partial charge in [-0.05, 0) is 43.0 Å². The van der Waals surface area contributed by atoms with Crippen molar-refractivity contribution in [2.45, 2.75) is 18.8 Å². The quantitative estimate of drug-likeness (QED) is 0.828. The maximum Gasteiger partial charge on any atom is 0.226 e. The summed E-state index contributed by atoms with van der Waals surface area (Å²) in [5.41, 5.74) is 1.20. The van der Waals surface area contributed by atoms with Gasteiger partial charge in [0.15, 0.2) is 0 Å². The van der Waals surface area contributed by atoms with Crippen molar-refractivity contribution in [1.29, 1.82) is 0 Å². The number of carbonyl (C=O) groups excluding carboxylic acids is 1. The second kappa shape index (κ2) is 7.65. The van der Waals surface area contributed by atoms with Crippen LogP contribution in [0.25, 0.3) is 0 Å². The summed E-state index contributed by atoms with van der Waals surface area (Å²) in [4.78, 5) is 17.2. The topological polar surface area (TPSA) is 32.8 Å². The first-order chi connectivity index (χ1) is 11.2. The summed E-state index contributed by atoms with van der Waals surface area (Å²) in [5.74, 6) is 0.830. The molecule has 23 heavy (non-hydrogen) atoms. The van der Waals surface area contributed by atoms with E-state index in [0.717, 1.165) is 57.2 Å². The van der Waals surface area contributed by atoms with Crippen LogP contribution < -0.4 is 0 Å². The highest BCUT2D eigenvalue weighted by molar-refractivity contribution is 6.30. The lowest BCUT2D eigenvalue weighted by atomic mass is 10.1. The number of nitrogens with zero attached hydrogens (tertiary/aromatic N) is 2. The zero-order valence-electron chi connectivity index (χ0n) is 13.7. The van der Waals surface area contributed by atoms with Gasteiger partial charge in [-0.2, -0.15) is 0 Å². The average molecular weight is 337 g/mol. The Hall–Kier alpha value is -1.10. The van der Waals surface area contributed by atoms with E-state index in [4.69, 9.17) is 16.3 Å².